The SMILES string of the molecule is CCSc1nnc(NC(=O)c2cc(=O)c3ccc(Br)cc3o2)s1. The van der Waals surface area contributed by atoms with E-state index in [0.717, 1.165) is 14.6 Å². The Labute approximate surface area is 147 Å². The highest BCUT2D eigenvalue weighted by molar-refractivity contribution is 9.10. The molecule has 1 aromatic carbocycles. The number of nitrogens with zero attached hydrogens (tertiary/aromatic N) is 2. The lowest BCUT2D eigenvalue weighted by Crippen LogP contribution is -2.14. The van der Waals surface area contributed by atoms with Gasteiger partial charge in [-0.3, -0.25) is 14.9 Å². The van der Waals surface area contributed by atoms with Gasteiger partial charge in [-0.15, -0.1) is 10.2 Å². The molecule has 3 aromatic rings. The number of aromatic nitrogens is 2. The molecule has 0 saturated heterocycles. The fourth-order valence-corrected chi connectivity index (χ4v) is 3.83. The minimum atomic E-state index is -0.534. The van der Waals surface area contributed by atoms with Crippen molar-refractivity contribution in [3.05, 3.63) is 44.7 Å². The van der Waals surface area contributed by atoms with Gasteiger partial charge in [0.2, 0.25) is 5.13 Å². The minimum Gasteiger partial charge on any atom is -0.451 e. The number of amides is 1. The molecule has 0 radical (unpaired) electrons. The van der Waals surface area contributed by atoms with E-state index in [-0.39, 0.29) is 11.2 Å². The van der Waals surface area contributed by atoms with E-state index in [1.807, 2.05) is 6.92 Å². The number of thioether (sulfide) groups is 1. The van der Waals surface area contributed by atoms with E-state index in [9.17, 15) is 9.59 Å². The van der Waals surface area contributed by atoms with Gasteiger partial charge in [-0.25, -0.2) is 0 Å². The van der Waals surface area contributed by atoms with Gasteiger partial charge in [0.15, 0.2) is 15.5 Å². The molecule has 23 heavy (non-hydrogen) atoms. The number of carbonyl (C=O) groups is 1. The summed E-state index contributed by atoms with van der Waals surface area (Å²) in [7, 11) is 0. The summed E-state index contributed by atoms with van der Waals surface area (Å²) in [6.07, 6.45) is 0. The molecule has 1 amide bonds. The molecule has 0 bridgehead atoms. The number of hydrogen-bond acceptors (Lipinski definition) is 7. The number of benzene rings is 1. The second-order valence-corrected chi connectivity index (χ2v) is 7.78. The third-order valence-corrected chi connectivity index (χ3v) is 5.16. The van der Waals surface area contributed by atoms with Crippen LogP contribution in [0.2, 0.25) is 0 Å². The van der Waals surface area contributed by atoms with Crippen molar-refractivity contribution in [1.82, 2.24) is 10.2 Å². The third kappa shape index (κ3) is 3.62. The van der Waals surface area contributed by atoms with Crippen LogP contribution in [0.25, 0.3) is 11.0 Å². The molecule has 0 aliphatic carbocycles. The Balaban J connectivity index is 1.89. The molecule has 9 heteroatoms. The Morgan fingerprint density at radius 3 is 3.00 bits per heavy atom. The summed E-state index contributed by atoms with van der Waals surface area (Å²) in [4.78, 5) is 24.3. The molecule has 6 nitrogen and oxygen atoms in total. The zero-order valence-corrected chi connectivity index (χ0v) is 15.0. The van der Waals surface area contributed by atoms with E-state index in [1.54, 1.807) is 18.2 Å². The summed E-state index contributed by atoms with van der Waals surface area (Å²) in [6.45, 7) is 2.01. The summed E-state index contributed by atoms with van der Waals surface area (Å²) in [5.74, 6) is 0.269. The molecule has 0 unspecified atom stereocenters. The molecule has 2 aromatic heterocycles. The first-order valence-corrected chi connectivity index (χ1v) is 9.17. The van der Waals surface area contributed by atoms with Crippen molar-refractivity contribution in [2.45, 2.75) is 11.3 Å². The second-order valence-electron chi connectivity index (χ2n) is 4.38. The largest absolute Gasteiger partial charge is 0.451 e. The van der Waals surface area contributed by atoms with Gasteiger partial charge in [0, 0.05) is 10.5 Å². The van der Waals surface area contributed by atoms with Gasteiger partial charge in [-0.05, 0) is 24.0 Å². The Morgan fingerprint density at radius 1 is 1.39 bits per heavy atom. The molecule has 1 N–H and O–H groups in total. The number of hydrogen-bond donors (Lipinski definition) is 1. The first kappa shape index (κ1) is 16.2. The predicted octanol–water partition coefficient (Wildman–Crippen LogP) is 3.77. The number of rotatable bonds is 4. The molecule has 0 fully saturated rings. The van der Waals surface area contributed by atoms with Gasteiger partial charge < -0.3 is 4.42 Å². The number of carbonyl (C=O) groups excluding carboxylic acids is 1. The molecule has 0 spiro atoms. The summed E-state index contributed by atoms with van der Waals surface area (Å²) in [5.41, 5.74) is 0.0694. The fraction of sp³-hybridized carbons (Fsp3) is 0.143. The van der Waals surface area contributed by atoms with E-state index in [0.29, 0.717) is 16.1 Å². The number of fused-ring (bicyclic) bond motifs is 1. The highest BCUT2D eigenvalue weighted by Crippen LogP contribution is 2.25. The van der Waals surface area contributed by atoms with E-state index in [2.05, 4.69) is 31.4 Å². The Hall–Kier alpha value is -1.71. The second kappa shape index (κ2) is 6.81. The number of nitrogens with one attached hydrogen (secondary N) is 1. The monoisotopic (exact) mass is 411 g/mol. The minimum absolute atomic E-state index is 0.0690. The maximum absolute atomic E-state index is 12.2. The van der Waals surface area contributed by atoms with Crippen molar-refractivity contribution in [3.63, 3.8) is 0 Å². The Bertz CT molecular complexity index is 938. The van der Waals surface area contributed by atoms with Crippen molar-refractivity contribution in [2.24, 2.45) is 0 Å². The Morgan fingerprint density at radius 2 is 2.22 bits per heavy atom. The van der Waals surface area contributed by atoms with Crippen LogP contribution in [0.5, 0.6) is 0 Å². The van der Waals surface area contributed by atoms with Crippen LogP contribution in [0.3, 0.4) is 0 Å². The van der Waals surface area contributed by atoms with Gasteiger partial charge in [0.25, 0.3) is 5.91 Å². The van der Waals surface area contributed by atoms with Crippen LogP contribution >= 0.6 is 39.0 Å². The summed E-state index contributed by atoms with van der Waals surface area (Å²) in [5, 5.41) is 11.2. The standard InChI is InChI=1S/C14H10BrN3O3S2/c1-2-22-14-18-17-13(23-14)16-12(20)11-6-9(19)8-4-3-7(15)5-10(8)21-11/h3-6H,2H2,1H3,(H,16,17,20). The molecule has 2 heterocycles. The van der Waals surface area contributed by atoms with Crippen LogP contribution in [0, 0.1) is 0 Å². The molecule has 0 atom stereocenters. The van der Waals surface area contributed by atoms with Gasteiger partial charge in [0.05, 0.1) is 5.39 Å². The van der Waals surface area contributed by atoms with Crippen LogP contribution < -0.4 is 10.7 Å². The highest BCUT2D eigenvalue weighted by atomic mass is 79.9. The van der Waals surface area contributed by atoms with Gasteiger partial charge in [0.1, 0.15) is 5.58 Å². The normalized spacial score (nSPS) is 10.9. The topological polar surface area (TPSA) is 85.1 Å². The highest BCUT2D eigenvalue weighted by Gasteiger charge is 2.15. The summed E-state index contributed by atoms with van der Waals surface area (Å²) >= 11 is 6.12. The molecule has 0 saturated carbocycles. The Kier molecular flexibility index (Phi) is 4.79. The van der Waals surface area contributed by atoms with Crippen LogP contribution in [0.1, 0.15) is 17.5 Å². The molecular weight excluding hydrogens is 402 g/mol. The van der Waals surface area contributed by atoms with Crippen molar-refractivity contribution >= 4 is 61.0 Å². The number of anilines is 1. The molecular formula is C14H10BrN3O3S2. The smallest absolute Gasteiger partial charge is 0.293 e. The van der Waals surface area contributed by atoms with Gasteiger partial charge >= 0.3 is 0 Å². The van der Waals surface area contributed by atoms with Crippen molar-refractivity contribution in [1.29, 1.82) is 0 Å². The van der Waals surface area contributed by atoms with Gasteiger partial charge in [-0.1, -0.05) is 46.0 Å². The maximum atomic E-state index is 12.2. The lowest BCUT2D eigenvalue weighted by molar-refractivity contribution is 0.0997. The zero-order valence-electron chi connectivity index (χ0n) is 11.8. The third-order valence-electron chi connectivity index (χ3n) is 2.81. The van der Waals surface area contributed by atoms with E-state index in [4.69, 9.17) is 4.42 Å². The quantitative estimate of drug-likeness (QED) is 0.519. The summed E-state index contributed by atoms with van der Waals surface area (Å²) < 4.78 is 7.05. The average molecular weight is 412 g/mol. The van der Waals surface area contributed by atoms with Gasteiger partial charge in [-0.2, -0.15) is 0 Å². The van der Waals surface area contributed by atoms with E-state index in [1.165, 1.54) is 29.2 Å². The molecule has 118 valence electrons. The lowest BCUT2D eigenvalue weighted by atomic mass is 10.2. The van der Waals surface area contributed by atoms with Crippen molar-refractivity contribution < 1.29 is 9.21 Å². The summed E-state index contributed by atoms with van der Waals surface area (Å²) in [6, 6.07) is 6.21. The molecule has 0 aliphatic rings. The van der Waals surface area contributed by atoms with Crippen LogP contribution in [0.4, 0.5) is 5.13 Å². The van der Waals surface area contributed by atoms with Crippen LogP contribution in [-0.2, 0) is 0 Å². The van der Waals surface area contributed by atoms with Crippen molar-refractivity contribution in [2.75, 3.05) is 11.1 Å². The average Bonchev–Trinajstić information content (AvgIpc) is 2.94. The molecule has 0 aliphatic heterocycles. The van der Waals surface area contributed by atoms with Crippen LogP contribution in [-0.4, -0.2) is 21.9 Å². The fourth-order valence-electron chi connectivity index (χ4n) is 1.84. The maximum Gasteiger partial charge on any atom is 0.293 e. The first-order chi connectivity index (χ1) is 11.1. The van der Waals surface area contributed by atoms with Crippen LogP contribution in [0.15, 0.2) is 42.3 Å². The number of halogens is 1. The van der Waals surface area contributed by atoms with Crippen molar-refractivity contribution in [3.8, 4) is 0 Å². The van der Waals surface area contributed by atoms with E-state index < -0.39 is 5.91 Å². The predicted molar refractivity (Wildman–Crippen MR) is 94.4 cm³/mol. The first-order valence-electron chi connectivity index (χ1n) is 6.58. The van der Waals surface area contributed by atoms with E-state index >= 15 is 0 Å². The lowest BCUT2D eigenvalue weighted by Gasteiger charge is -2.03. The zero-order chi connectivity index (χ0) is 16.4. The molecule has 3 rings (SSSR count).